The van der Waals surface area contributed by atoms with Crippen molar-refractivity contribution >= 4 is 5.97 Å². The largest absolute Gasteiger partial charge is 0.481 e. The molecule has 0 spiro atoms. The van der Waals surface area contributed by atoms with Crippen LogP contribution in [0.15, 0.2) is 12.2 Å². The molecule has 0 bridgehead atoms. The highest BCUT2D eigenvalue weighted by Gasteiger charge is 2.03. The van der Waals surface area contributed by atoms with Gasteiger partial charge in [0.2, 0.25) is 0 Å². The minimum absolute atomic E-state index is 0.198. The van der Waals surface area contributed by atoms with Crippen molar-refractivity contribution in [2.24, 2.45) is 0 Å². The van der Waals surface area contributed by atoms with E-state index in [4.69, 9.17) is 5.11 Å². The molecule has 0 aromatic heterocycles. The van der Waals surface area contributed by atoms with Gasteiger partial charge in [0, 0.05) is 6.42 Å². The summed E-state index contributed by atoms with van der Waals surface area (Å²) in [7, 11) is 0. The molecular formula is C20H38O4. The predicted octanol–water partition coefficient (Wildman–Crippen LogP) is 4.83. The van der Waals surface area contributed by atoms with Gasteiger partial charge in [-0.15, -0.1) is 0 Å². The molecule has 3 N–H and O–H groups in total. The van der Waals surface area contributed by atoms with Crippen LogP contribution in [-0.2, 0) is 4.79 Å². The van der Waals surface area contributed by atoms with Gasteiger partial charge in [-0.05, 0) is 19.3 Å². The molecule has 4 heteroatoms. The molecule has 0 aromatic rings. The quantitative estimate of drug-likeness (QED) is 0.261. The van der Waals surface area contributed by atoms with Crippen LogP contribution in [0.2, 0.25) is 0 Å². The van der Waals surface area contributed by atoms with E-state index in [1.54, 1.807) is 12.2 Å². The zero-order valence-corrected chi connectivity index (χ0v) is 15.5. The van der Waals surface area contributed by atoms with Crippen LogP contribution in [0.5, 0.6) is 0 Å². The summed E-state index contributed by atoms with van der Waals surface area (Å²) in [5.74, 6) is -0.764. The first-order valence-electron chi connectivity index (χ1n) is 9.82. The number of hydrogen-bond donors (Lipinski definition) is 3. The van der Waals surface area contributed by atoms with Gasteiger partial charge < -0.3 is 15.3 Å². The molecule has 0 aromatic carbocycles. The second-order valence-electron chi connectivity index (χ2n) is 6.78. The van der Waals surface area contributed by atoms with Gasteiger partial charge in [-0.25, -0.2) is 0 Å². The van der Waals surface area contributed by atoms with Crippen LogP contribution in [-0.4, -0.2) is 33.5 Å². The Morgan fingerprint density at radius 1 is 0.750 bits per heavy atom. The first-order valence-corrected chi connectivity index (χ1v) is 9.82. The Kier molecular flexibility index (Phi) is 16.4. The van der Waals surface area contributed by atoms with E-state index in [1.165, 1.54) is 44.9 Å². The summed E-state index contributed by atoms with van der Waals surface area (Å²) in [5.41, 5.74) is 0. The lowest BCUT2D eigenvalue weighted by molar-refractivity contribution is -0.137. The first-order chi connectivity index (χ1) is 11.6. The van der Waals surface area contributed by atoms with Crippen molar-refractivity contribution in [2.75, 3.05) is 0 Å². The molecule has 0 aliphatic heterocycles. The third-order valence-electron chi connectivity index (χ3n) is 4.30. The SMILES string of the molecule is CCCCCCCCCC[C@@H](O)/C=C/[C@H](O)CCCCCC(=O)O. The van der Waals surface area contributed by atoms with Gasteiger partial charge in [0.15, 0.2) is 0 Å². The summed E-state index contributed by atoms with van der Waals surface area (Å²) in [4.78, 5) is 10.4. The number of carboxylic acids is 1. The van der Waals surface area contributed by atoms with Crippen molar-refractivity contribution in [1.82, 2.24) is 0 Å². The number of aliphatic hydroxyl groups excluding tert-OH is 2. The number of unbranched alkanes of at least 4 members (excludes halogenated alkanes) is 9. The molecule has 24 heavy (non-hydrogen) atoms. The Hall–Kier alpha value is -0.870. The van der Waals surface area contributed by atoms with Gasteiger partial charge in [0.1, 0.15) is 0 Å². The molecule has 0 unspecified atom stereocenters. The zero-order chi connectivity index (χ0) is 18.0. The summed E-state index contributed by atoms with van der Waals surface area (Å²) < 4.78 is 0. The predicted molar refractivity (Wildman–Crippen MR) is 99.1 cm³/mol. The van der Waals surface area contributed by atoms with Crippen molar-refractivity contribution in [2.45, 2.75) is 109 Å². The average Bonchev–Trinajstić information content (AvgIpc) is 2.54. The molecule has 0 amide bonds. The fourth-order valence-electron chi connectivity index (χ4n) is 2.74. The minimum Gasteiger partial charge on any atom is -0.481 e. The van der Waals surface area contributed by atoms with Gasteiger partial charge in [0.05, 0.1) is 12.2 Å². The lowest BCUT2D eigenvalue weighted by Crippen LogP contribution is -2.07. The van der Waals surface area contributed by atoms with Crippen molar-refractivity contribution in [3.63, 3.8) is 0 Å². The van der Waals surface area contributed by atoms with Crippen LogP contribution in [0.4, 0.5) is 0 Å². The van der Waals surface area contributed by atoms with E-state index in [0.717, 1.165) is 25.7 Å². The highest BCUT2D eigenvalue weighted by atomic mass is 16.4. The third kappa shape index (κ3) is 17.5. The number of rotatable bonds is 17. The van der Waals surface area contributed by atoms with Crippen molar-refractivity contribution < 1.29 is 20.1 Å². The lowest BCUT2D eigenvalue weighted by Gasteiger charge is -2.08. The van der Waals surface area contributed by atoms with Gasteiger partial charge in [-0.2, -0.15) is 0 Å². The molecule has 0 saturated carbocycles. The molecule has 0 rings (SSSR count). The number of aliphatic carboxylic acids is 1. The molecular weight excluding hydrogens is 304 g/mol. The highest BCUT2D eigenvalue weighted by Crippen LogP contribution is 2.12. The van der Waals surface area contributed by atoms with Gasteiger partial charge in [-0.3, -0.25) is 4.79 Å². The Labute approximate surface area is 148 Å². The average molecular weight is 343 g/mol. The van der Waals surface area contributed by atoms with E-state index in [1.807, 2.05) is 0 Å². The fraction of sp³-hybridized carbons (Fsp3) is 0.850. The maximum Gasteiger partial charge on any atom is 0.303 e. The number of carbonyl (C=O) groups is 1. The maximum absolute atomic E-state index is 10.4. The highest BCUT2D eigenvalue weighted by molar-refractivity contribution is 5.66. The van der Waals surface area contributed by atoms with Gasteiger partial charge in [-0.1, -0.05) is 83.3 Å². The van der Waals surface area contributed by atoms with Crippen molar-refractivity contribution in [1.29, 1.82) is 0 Å². The van der Waals surface area contributed by atoms with E-state index >= 15 is 0 Å². The molecule has 0 aliphatic carbocycles. The molecule has 0 radical (unpaired) electrons. The Balaban J connectivity index is 3.48. The lowest BCUT2D eigenvalue weighted by atomic mass is 10.0. The van der Waals surface area contributed by atoms with Crippen LogP contribution in [0.3, 0.4) is 0 Å². The van der Waals surface area contributed by atoms with Crippen molar-refractivity contribution in [3.8, 4) is 0 Å². The minimum atomic E-state index is -0.764. The summed E-state index contributed by atoms with van der Waals surface area (Å²) in [6, 6.07) is 0. The second-order valence-corrected chi connectivity index (χ2v) is 6.78. The normalized spacial score (nSPS) is 14.1. The third-order valence-corrected chi connectivity index (χ3v) is 4.30. The Morgan fingerprint density at radius 2 is 1.17 bits per heavy atom. The molecule has 0 saturated heterocycles. The van der Waals surface area contributed by atoms with E-state index in [9.17, 15) is 15.0 Å². The standard InChI is InChI=1S/C20H38O4/c1-2-3-4-5-6-7-8-10-13-18(21)16-17-19(22)14-11-9-12-15-20(23)24/h16-19,21-22H,2-15H2,1H3,(H,23,24)/b17-16+/t18-,19-/m1/s1. The molecule has 142 valence electrons. The number of carboxylic acid groups (broad SMARTS) is 1. The smallest absolute Gasteiger partial charge is 0.303 e. The number of aliphatic hydroxyl groups is 2. The van der Waals surface area contributed by atoms with Crippen LogP contribution in [0.25, 0.3) is 0 Å². The van der Waals surface area contributed by atoms with Crippen LogP contribution in [0.1, 0.15) is 96.8 Å². The maximum atomic E-state index is 10.4. The van der Waals surface area contributed by atoms with Gasteiger partial charge >= 0.3 is 5.97 Å². The van der Waals surface area contributed by atoms with E-state index in [-0.39, 0.29) is 6.42 Å². The Morgan fingerprint density at radius 3 is 1.62 bits per heavy atom. The molecule has 0 heterocycles. The summed E-state index contributed by atoms with van der Waals surface area (Å²) >= 11 is 0. The van der Waals surface area contributed by atoms with E-state index in [0.29, 0.717) is 12.8 Å². The van der Waals surface area contributed by atoms with Gasteiger partial charge in [0.25, 0.3) is 0 Å². The fourth-order valence-corrected chi connectivity index (χ4v) is 2.74. The van der Waals surface area contributed by atoms with E-state index in [2.05, 4.69) is 6.92 Å². The summed E-state index contributed by atoms with van der Waals surface area (Å²) in [6.07, 6.45) is 16.3. The Bertz CT molecular complexity index is 315. The molecule has 4 nitrogen and oxygen atoms in total. The summed E-state index contributed by atoms with van der Waals surface area (Å²) in [5, 5.41) is 28.2. The van der Waals surface area contributed by atoms with Crippen molar-refractivity contribution in [3.05, 3.63) is 12.2 Å². The monoisotopic (exact) mass is 342 g/mol. The molecule has 2 atom stereocenters. The van der Waals surface area contributed by atoms with Crippen LogP contribution in [0, 0.1) is 0 Å². The van der Waals surface area contributed by atoms with E-state index < -0.39 is 18.2 Å². The first kappa shape index (κ1) is 23.1. The zero-order valence-electron chi connectivity index (χ0n) is 15.5. The topological polar surface area (TPSA) is 77.8 Å². The van der Waals surface area contributed by atoms with Crippen LogP contribution < -0.4 is 0 Å². The van der Waals surface area contributed by atoms with Crippen LogP contribution >= 0.6 is 0 Å². The summed E-state index contributed by atoms with van der Waals surface area (Å²) in [6.45, 7) is 2.23. The molecule has 0 fully saturated rings. The molecule has 0 aliphatic rings. The second kappa shape index (κ2) is 17.0. The number of hydrogen-bond acceptors (Lipinski definition) is 3.